The monoisotopic (exact) mass is 235 g/mol. The predicted molar refractivity (Wildman–Crippen MR) is 64.7 cm³/mol. The summed E-state index contributed by atoms with van der Waals surface area (Å²) in [4.78, 5) is 11.4. The fraction of sp³-hybridized carbons (Fsp3) is 0.0833. The minimum atomic E-state index is -0.445. The third-order valence-corrected chi connectivity index (χ3v) is 2.61. The van der Waals surface area contributed by atoms with Crippen molar-refractivity contribution in [3.63, 3.8) is 0 Å². The lowest BCUT2D eigenvalue weighted by Crippen LogP contribution is -2.05. The van der Waals surface area contributed by atoms with Gasteiger partial charge in [0.2, 0.25) is 0 Å². The topological polar surface area (TPSA) is 52.3 Å². The molecule has 0 saturated carbocycles. The van der Waals surface area contributed by atoms with Crippen LogP contribution >= 0.6 is 11.6 Å². The molecule has 2 aromatic carbocycles. The van der Waals surface area contributed by atoms with Crippen LogP contribution in [-0.4, -0.2) is 13.1 Å². The van der Waals surface area contributed by atoms with Crippen LogP contribution in [0.4, 0.5) is 5.69 Å². The first-order valence-corrected chi connectivity index (χ1v) is 5.06. The van der Waals surface area contributed by atoms with Crippen molar-refractivity contribution in [3.8, 4) is 0 Å². The zero-order valence-corrected chi connectivity index (χ0v) is 9.41. The summed E-state index contributed by atoms with van der Waals surface area (Å²) in [7, 11) is 1.32. The first kappa shape index (κ1) is 10.8. The van der Waals surface area contributed by atoms with E-state index in [2.05, 4.69) is 4.74 Å². The Morgan fingerprint density at radius 3 is 2.69 bits per heavy atom. The van der Waals surface area contributed by atoms with Gasteiger partial charge in [-0.1, -0.05) is 17.7 Å². The van der Waals surface area contributed by atoms with Gasteiger partial charge in [0.05, 0.1) is 12.7 Å². The van der Waals surface area contributed by atoms with Crippen LogP contribution in [0.25, 0.3) is 10.8 Å². The number of rotatable bonds is 1. The average Bonchev–Trinajstić information content (AvgIpc) is 2.28. The van der Waals surface area contributed by atoms with E-state index in [1.165, 1.54) is 7.11 Å². The number of hydrogen-bond acceptors (Lipinski definition) is 3. The van der Waals surface area contributed by atoms with E-state index >= 15 is 0 Å². The van der Waals surface area contributed by atoms with Crippen LogP contribution < -0.4 is 5.73 Å². The molecule has 0 atom stereocenters. The Kier molecular flexibility index (Phi) is 2.71. The van der Waals surface area contributed by atoms with Crippen molar-refractivity contribution in [1.82, 2.24) is 0 Å². The molecule has 3 nitrogen and oxygen atoms in total. The van der Waals surface area contributed by atoms with Gasteiger partial charge in [-0.25, -0.2) is 4.79 Å². The second-order valence-electron chi connectivity index (χ2n) is 3.42. The normalized spacial score (nSPS) is 10.4. The number of benzene rings is 2. The Morgan fingerprint density at radius 1 is 1.25 bits per heavy atom. The van der Waals surface area contributed by atoms with Crippen molar-refractivity contribution in [2.45, 2.75) is 0 Å². The smallest absolute Gasteiger partial charge is 0.339 e. The van der Waals surface area contributed by atoms with Crippen LogP contribution in [-0.2, 0) is 4.74 Å². The Balaban J connectivity index is 2.68. The molecule has 2 rings (SSSR count). The summed E-state index contributed by atoms with van der Waals surface area (Å²) in [6, 6.07) is 8.83. The summed E-state index contributed by atoms with van der Waals surface area (Å²) in [5, 5.41) is 2.42. The third-order valence-electron chi connectivity index (χ3n) is 2.38. The van der Waals surface area contributed by atoms with Gasteiger partial charge in [-0.3, -0.25) is 0 Å². The average molecular weight is 236 g/mol. The zero-order chi connectivity index (χ0) is 11.7. The largest absolute Gasteiger partial charge is 0.465 e. The van der Waals surface area contributed by atoms with Crippen LogP contribution in [0.1, 0.15) is 10.4 Å². The summed E-state index contributed by atoms with van der Waals surface area (Å²) in [5.41, 5.74) is 6.53. The van der Waals surface area contributed by atoms with Gasteiger partial charge in [0, 0.05) is 10.7 Å². The minimum absolute atomic E-state index is 0.359. The third kappa shape index (κ3) is 1.82. The van der Waals surface area contributed by atoms with Gasteiger partial charge in [-0.2, -0.15) is 0 Å². The zero-order valence-electron chi connectivity index (χ0n) is 8.66. The van der Waals surface area contributed by atoms with Gasteiger partial charge in [0.1, 0.15) is 0 Å². The first-order chi connectivity index (χ1) is 7.61. The number of carbonyl (C=O) groups is 1. The molecule has 0 aliphatic rings. The summed E-state index contributed by atoms with van der Waals surface area (Å²) < 4.78 is 4.64. The van der Waals surface area contributed by atoms with Gasteiger partial charge in [0.15, 0.2) is 0 Å². The van der Waals surface area contributed by atoms with E-state index in [9.17, 15) is 4.79 Å². The molecule has 0 aliphatic carbocycles. The van der Waals surface area contributed by atoms with Gasteiger partial charge in [0.25, 0.3) is 0 Å². The number of ether oxygens (including phenoxy) is 1. The maximum absolute atomic E-state index is 11.4. The highest BCUT2D eigenvalue weighted by molar-refractivity contribution is 6.31. The summed E-state index contributed by atoms with van der Waals surface area (Å²) in [6.45, 7) is 0. The highest BCUT2D eigenvalue weighted by Gasteiger charge is 2.11. The minimum Gasteiger partial charge on any atom is -0.465 e. The van der Waals surface area contributed by atoms with Gasteiger partial charge >= 0.3 is 5.97 Å². The van der Waals surface area contributed by atoms with Crippen molar-refractivity contribution in [2.24, 2.45) is 0 Å². The Bertz CT molecular complexity index is 566. The van der Waals surface area contributed by atoms with Gasteiger partial charge in [-0.05, 0) is 35.0 Å². The van der Waals surface area contributed by atoms with E-state index in [1.54, 1.807) is 24.3 Å². The molecular formula is C12H10ClNO2. The maximum atomic E-state index is 11.4. The van der Waals surface area contributed by atoms with E-state index in [0.717, 1.165) is 10.8 Å². The molecular weight excluding hydrogens is 226 g/mol. The van der Waals surface area contributed by atoms with Crippen LogP contribution in [0.2, 0.25) is 5.02 Å². The number of esters is 1. The quantitative estimate of drug-likeness (QED) is 0.611. The summed E-state index contributed by atoms with van der Waals surface area (Å²) >= 11 is 5.88. The molecule has 0 fully saturated rings. The number of halogens is 1. The van der Waals surface area contributed by atoms with Crippen molar-refractivity contribution in [3.05, 3.63) is 40.9 Å². The molecule has 0 spiro atoms. The first-order valence-electron chi connectivity index (χ1n) is 4.69. The Hall–Kier alpha value is -1.74. The lowest BCUT2D eigenvalue weighted by atomic mass is 10.1. The van der Waals surface area contributed by atoms with E-state index in [-0.39, 0.29) is 0 Å². The number of nitrogen functional groups attached to an aromatic ring is 1. The molecule has 0 unspecified atom stereocenters. The molecule has 0 radical (unpaired) electrons. The lowest BCUT2D eigenvalue weighted by Gasteiger charge is -2.06. The van der Waals surface area contributed by atoms with Crippen molar-refractivity contribution in [2.75, 3.05) is 12.8 Å². The van der Waals surface area contributed by atoms with Crippen molar-refractivity contribution >= 4 is 34.0 Å². The second-order valence-corrected chi connectivity index (χ2v) is 3.86. The maximum Gasteiger partial charge on any atom is 0.339 e. The summed E-state index contributed by atoms with van der Waals surface area (Å²) in [6.07, 6.45) is 0. The van der Waals surface area contributed by atoms with Crippen molar-refractivity contribution in [1.29, 1.82) is 0 Å². The number of anilines is 1. The number of methoxy groups -OCH3 is 1. The number of fused-ring (bicyclic) bond motifs is 1. The number of nitrogens with two attached hydrogens (primary N) is 1. The van der Waals surface area contributed by atoms with E-state index < -0.39 is 5.97 Å². The molecule has 0 amide bonds. The molecule has 16 heavy (non-hydrogen) atoms. The highest BCUT2D eigenvalue weighted by Crippen LogP contribution is 2.25. The fourth-order valence-corrected chi connectivity index (χ4v) is 1.75. The number of carbonyl (C=O) groups excluding carboxylic acids is 1. The van der Waals surface area contributed by atoms with Gasteiger partial charge < -0.3 is 10.5 Å². The molecule has 82 valence electrons. The number of hydrogen-bond donors (Lipinski definition) is 1. The highest BCUT2D eigenvalue weighted by atomic mass is 35.5. The lowest BCUT2D eigenvalue weighted by molar-refractivity contribution is 0.0602. The molecule has 0 heterocycles. The Morgan fingerprint density at radius 2 is 2.00 bits per heavy atom. The molecule has 4 heteroatoms. The van der Waals surface area contributed by atoms with E-state index in [4.69, 9.17) is 17.3 Å². The van der Waals surface area contributed by atoms with Crippen LogP contribution in [0.5, 0.6) is 0 Å². The summed E-state index contributed by atoms with van der Waals surface area (Å²) in [5.74, 6) is -0.445. The standard InChI is InChI=1S/C12H10ClNO2/c1-16-12(15)10-5-8-4-9(13)3-2-7(8)6-11(10)14/h2-6H,14H2,1H3. The molecule has 0 aromatic heterocycles. The molecule has 2 aromatic rings. The van der Waals surface area contributed by atoms with Crippen LogP contribution in [0.3, 0.4) is 0 Å². The van der Waals surface area contributed by atoms with Gasteiger partial charge in [-0.15, -0.1) is 0 Å². The molecule has 2 N–H and O–H groups in total. The van der Waals surface area contributed by atoms with Crippen LogP contribution in [0.15, 0.2) is 30.3 Å². The van der Waals surface area contributed by atoms with E-state index in [1.807, 2.05) is 6.07 Å². The van der Waals surface area contributed by atoms with Crippen LogP contribution in [0, 0.1) is 0 Å². The Labute approximate surface area is 97.8 Å². The molecule has 0 saturated heterocycles. The van der Waals surface area contributed by atoms with Crippen molar-refractivity contribution < 1.29 is 9.53 Å². The predicted octanol–water partition coefficient (Wildman–Crippen LogP) is 2.86. The second kappa shape index (κ2) is 4.02. The van der Waals surface area contributed by atoms with E-state index in [0.29, 0.717) is 16.3 Å². The molecule has 0 bridgehead atoms. The SMILES string of the molecule is COC(=O)c1cc2cc(Cl)ccc2cc1N. The fourth-order valence-electron chi connectivity index (χ4n) is 1.57. The molecule has 0 aliphatic heterocycles.